The Labute approximate surface area is 152 Å². The fourth-order valence-electron chi connectivity index (χ4n) is 2.23. The number of nitrogens with one attached hydrogen (secondary N) is 1. The number of benzene rings is 2. The van der Waals surface area contributed by atoms with E-state index in [1.54, 1.807) is 30.3 Å². The average Bonchev–Trinajstić information content (AvgIpc) is 3.08. The van der Waals surface area contributed by atoms with Gasteiger partial charge in [-0.3, -0.25) is 4.79 Å². The van der Waals surface area contributed by atoms with Gasteiger partial charge < -0.3 is 18.9 Å². The van der Waals surface area contributed by atoms with Gasteiger partial charge >= 0.3 is 0 Å². The lowest BCUT2D eigenvalue weighted by molar-refractivity contribution is 0.0954. The van der Waals surface area contributed by atoms with Gasteiger partial charge in [-0.2, -0.15) is 5.10 Å². The van der Waals surface area contributed by atoms with E-state index in [0.717, 1.165) is 10.0 Å². The summed E-state index contributed by atoms with van der Waals surface area (Å²) in [7, 11) is 3.04. The van der Waals surface area contributed by atoms with Gasteiger partial charge in [0, 0.05) is 15.6 Å². The quantitative estimate of drug-likeness (QED) is 0.609. The number of methoxy groups -OCH3 is 2. The predicted molar refractivity (Wildman–Crippen MR) is 94.9 cm³/mol. The number of amides is 1. The molecule has 1 amide bonds. The third kappa shape index (κ3) is 3.69. The first kappa shape index (κ1) is 17.1. The first-order valence-corrected chi connectivity index (χ1v) is 8.06. The van der Waals surface area contributed by atoms with Gasteiger partial charge in [0.25, 0.3) is 5.91 Å². The van der Waals surface area contributed by atoms with Crippen LogP contribution in [0.1, 0.15) is 15.9 Å². The van der Waals surface area contributed by atoms with Crippen LogP contribution >= 0.6 is 15.9 Å². The highest BCUT2D eigenvalue weighted by molar-refractivity contribution is 9.10. The molecule has 0 saturated carbocycles. The summed E-state index contributed by atoms with van der Waals surface area (Å²) < 4.78 is 21.7. The van der Waals surface area contributed by atoms with Gasteiger partial charge in [-0.15, -0.1) is 0 Å². The molecule has 3 rings (SSSR count). The molecule has 8 heteroatoms. The SMILES string of the molecule is COc1ccc(C(=O)NN=Cc2cc3c(cc2Br)OCO3)cc1OC. The number of fused-ring (bicyclic) bond motifs is 1. The number of halogens is 1. The molecule has 25 heavy (non-hydrogen) atoms. The molecule has 2 aromatic rings. The van der Waals surface area contributed by atoms with E-state index in [9.17, 15) is 4.79 Å². The monoisotopic (exact) mass is 406 g/mol. The summed E-state index contributed by atoms with van der Waals surface area (Å²) >= 11 is 3.43. The van der Waals surface area contributed by atoms with Crippen LogP contribution < -0.4 is 24.4 Å². The minimum Gasteiger partial charge on any atom is -0.493 e. The van der Waals surface area contributed by atoms with Crippen LogP contribution in [0.25, 0.3) is 0 Å². The van der Waals surface area contributed by atoms with Crippen molar-refractivity contribution in [2.24, 2.45) is 5.10 Å². The van der Waals surface area contributed by atoms with Crippen molar-refractivity contribution in [1.82, 2.24) is 5.43 Å². The fraction of sp³-hybridized carbons (Fsp3) is 0.176. The summed E-state index contributed by atoms with van der Waals surface area (Å²) in [6.07, 6.45) is 1.52. The van der Waals surface area contributed by atoms with Gasteiger partial charge in [-0.1, -0.05) is 0 Å². The molecule has 0 fully saturated rings. The standard InChI is InChI=1S/C17H15BrN2O5/c1-22-13-4-3-10(5-14(13)23-2)17(21)20-19-8-11-6-15-16(7-12(11)18)25-9-24-15/h3-8H,9H2,1-2H3,(H,20,21). The van der Waals surface area contributed by atoms with Crippen LogP contribution in [0.3, 0.4) is 0 Å². The van der Waals surface area contributed by atoms with Crippen LogP contribution in [0.2, 0.25) is 0 Å². The maximum absolute atomic E-state index is 12.2. The summed E-state index contributed by atoms with van der Waals surface area (Å²) in [5, 5.41) is 3.98. The lowest BCUT2D eigenvalue weighted by Crippen LogP contribution is -2.17. The lowest BCUT2D eigenvalue weighted by Gasteiger charge is -2.08. The number of carbonyl (C=O) groups is 1. The highest BCUT2D eigenvalue weighted by atomic mass is 79.9. The second kappa shape index (κ2) is 7.43. The van der Waals surface area contributed by atoms with Crippen molar-refractivity contribution in [3.8, 4) is 23.0 Å². The summed E-state index contributed by atoms with van der Waals surface area (Å²) in [4.78, 5) is 12.2. The Balaban J connectivity index is 1.71. The minimum atomic E-state index is -0.367. The molecule has 1 aliphatic heterocycles. The second-order valence-electron chi connectivity index (χ2n) is 5.00. The number of carbonyl (C=O) groups excluding carboxylic acids is 1. The van der Waals surface area contributed by atoms with Crippen molar-refractivity contribution >= 4 is 28.1 Å². The van der Waals surface area contributed by atoms with E-state index < -0.39 is 0 Å². The molecule has 0 radical (unpaired) electrons. The van der Waals surface area contributed by atoms with Gasteiger partial charge in [-0.05, 0) is 46.3 Å². The van der Waals surface area contributed by atoms with Crippen molar-refractivity contribution in [3.05, 3.63) is 45.9 Å². The molecular weight excluding hydrogens is 392 g/mol. The van der Waals surface area contributed by atoms with Crippen LogP contribution in [0.15, 0.2) is 39.9 Å². The Morgan fingerprint density at radius 1 is 1.16 bits per heavy atom. The van der Waals surface area contributed by atoms with Crippen LogP contribution in [-0.2, 0) is 0 Å². The summed E-state index contributed by atoms with van der Waals surface area (Å²) in [5.74, 6) is 1.95. The molecule has 1 N–H and O–H groups in total. The van der Waals surface area contributed by atoms with Crippen LogP contribution in [0, 0.1) is 0 Å². The molecular formula is C17H15BrN2O5. The van der Waals surface area contributed by atoms with Gasteiger partial charge in [0.15, 0.2) is 23.0 Å². The number of ether oxygens (including phenoxy) is 4. The number of hydrogen-bond donors (Lipinski definition) is 1. The van der Waals surface area contributed by atoms with E-state index in [0.29, 0.717) is 28.6 Å². The first-order valence-electron chi connectivity index (χ1n) is 7.27. The molecule has 0 saturated heterocycles. The van der Waals surface area contributed by atoms with Crippen LogP contribution in [0.5, 0.6) is 23.0 Å². The van der Waals surface area contributed by atoms with Crippen molar-refractivity contribution in [3.63, 3.8) is 0 Å². The molecule has 0 aliphatic carbocycles. The maximum atomic E-state index is 12.2. The molecule has 0 unspecified atom stereocenters. The van der Waals surface area contributed by atoms with Gasteiger partial charge in [-0.25, -0.2) is 5.43 Å². The molecule has 2 aromatic carbocycles. The van der Waals surface area contributed by atoms with E-state index in [1.165, 1.54) is 20.4 Å². The van der Waals surface area contributed by atoms with E-state index in [1.807, 2.05) is 0 Å². The summed E-state index contributed by atoms with van der Waals surface area (Å²) in [6.45, 7) is 0.193. The van der Waals surface area contributed by atoms with Crippen LogP contribution in [-0.4, -0.2) is 33.1 Å². The molecule has 130 valence electrons. The molecule has 1 aliphatic rings. The Kier molecular flexibility index (Phi) is 5.08. The lowest BCUT2D eigenvalue weighted by atomic mass is 10.2. The van der Waals surface area contributed by atoms with Gasteiger partial charge in [0.05, 0.1) is 20.4 Å². The second-order valence-corrected chi connectivity index (χ2v) is 5.85. The molecule has 0 atom stereocenters. The van der Waals surface area contributed by atoms with Crippen molar-refractivity contribution in [2.75, 3.05) is 21.0 Å². The van der Waals surface area contributed by atoms with Crippen LogP contribution in [0.4, 0.5) is 0 Å². The summed E-state index contributed by atoms with van der Waals surface area (Å²) in [5.41, 5.74) is 3.62. The van der Waals surface area contributed by atoms with Crippen molar-refractivity contribution < 1.29 is 23.7 Å². The Hall–Kier alpha value is -2.74. The minimum absolute atomic E-state index is 0.193. The Morgan fingerprint density at radius 3 is 2.60 bits per heavy atom. The predicted octanol–water partition coefficient (Wildman–Crippen LogP) is 2.96. The molecule has 0 bridgehead atoms. The topological polar surface area (TPSA) is 78.4 Å². The molecule has 0 spiro atoms. The fourth-order valence-corrected chi connectivity index (χ4v) is 2.66. The third-order valence-corrected chi connectivity index (χ3v) is 4.19. The first-order chi connectivity index (χ1) is 12.1. The van der Waals surface area contributed by atoms with E-state index in [4.69, 9.17) is 18.9 Å². The normalized spacial score (nSPS) is 12.3. The third-order valence-electron chi connectivity index (χ3n) is 3.51. The zero-order valence-corrected chi connectivity index (χ0v) is 15.1. The van der Waals surface area contributed by atoms with Gasteiger partial charge in [0.1, 0.15) is 0 Å². The molecule has 1 heterocycles. The highest BCUT2D eigenvalue weighted by Gasteiger charge is 2.15. The smallest absolute Gasteiger partial charge is 0.271 e. The zero-order chi connectivity index (χ0) is 17.8. The number of hydrazone groups is 1. The van der Waals surface area contributed by atoms with Gasteiger partial charge in [0.2, 0.25) is 6.79 Å². The number of rotatable bonds is 5. The Morgan fingerprint density at radius 2 is 1.88 bits per heavy atom. The van der Waals surface area contributed by atoms with E-state index in [2.05, 4.69) is 26.5 Å². The van der Waals surface area contributed by atoms with Crippen molar-refractivity contribution in [2.45, 2.75) is 0 Å². The summed E-state index contributed by atoms with van der Waals surface area (Å²) in [6, 6.07) is 8.44. The zero-order valence-electron chi connectivity index (χ0n) is 13.5. The molecule has 7 nitrogen and oxygen atoms in total. The number of nitrogens with zero attached hydrogens (tertiary/aromatic N) is 1. The average molecular weight is 407 g/mol. The molecule has 0 aromatic heterocycles. The maximum Gasteiger partial charge on any atom is 0.271 e. The Bertz CT molecular complexity index is 838. The van der Waals surface area contributed by atoms with Crippen molar-refractivity contribution in [1.29, 1.82) is 0 Å². The highest BCUT2D eigenvalue weighted by Crippen LogP contribution is 2.36. The number of hydrogen-bond acceptors (Lipinski definition) is 6. The van der Waals surface area contributed by atoms with E-state index in [-0.39, 0.29) is 12.7 Å². The largest absolute Gasteiger partial charge is 0.493 e. The van der Waals surface area contributed by atoms with E-state index >= 15 is 0 Å².